The van der Waals surface area contributed by atoms with Gasteiger partial charge in [0.2, 0.25) is 0 Å². The number of nitrogens with one attached hydrogen (secondary N) is 1. The zero-order valence-corrected chi connectivity index (χ0v) is 16.3. The minimum absolute atomic E-state index is 0. The third-order valence-corrected chi connectivity index (χ3v) is 3.96. The molecule has 0 aromatic heterocycles. The summed E-state index contributed by atoms with van der Waals surface area (Å²) in [6.45, 7) is 4.41. The van der Waals surface area contributed by atoms with Gasteiger partial charge in [0.15, 0.2) is 5.96 Å². The summed E-state index contributed by atoms with van der Waals surface area (Å²) >= 11 is 0. The molecule has 1 aliphatic rings. The molecule has 22 heavy (non-hydrogen) atoms. The molecule has 0 amide bonds. The average Bonchev–Trinajstić information content (AvgIpc) is 2.50. The number of nitrogens with zero attached hydrogens (tertiary/aromatic N) is 3. The highest BCUT2D eigenvalue weighted by atomic mass is 127. The van der Waals surface area contributed by atoms with E-state index >= 15 is 0 Å². The first-order valence-electron chi connectivity index (χ1n) is 7.87. The van der Waals surface area contributed by atoms with Crippen molar-refractivity contribution in [1.29, 1.82) is 0 Å². The Morgan fingerprint density at radius 2 is 1.68 bits per heavy atom. The van der Waals surface area contributed by atoms with E-state index in [4.69, 9.17) is 0 Å². The van der Waals surface area contributed by atoms with Crippen LogP contribution in [-0.4, -0.2) is 50.0 Å². The van der Waals surface area contributed by atoms with E-state index in [9.17, 15) is 0 Å². The van der Waals surface area contributed by atoms with Crippen molar-refractivity contribution in [3.8, 4) is 0 Å². The Bertz CT molecular complexity index is 450. The molecule has 1 heterocycles. The van der Waals surface area contributed by atoms with Gasteiger partial charge in [-0.3, -0.25) is 9.89 Å². The molecule has 0 radical (unpaired) electrons. The summed E-state index contributed by atoms with van der Waals surface area (Å²) in [6.07, 6.45) is 4.10. The van der Waals surface area contributed by atoms with E-state index < -0.39 is 0 Å². The Hall–Kier alpha value is -0.820. The van der Waals surface area contributed by atoms with Crippen LogP contribution in [0.1, 0.15) is 30.4 Å². The summed E-state index contributed by atoms with van der Waals surface area (Å²) in [7, 11) is 5.80. The fourth-order valence-electron chi connectivity index (χ4n) is 2.76. The summed E-state index contributed by atoms with van der Waals surface area (Å²) in [6, 6.07) is 8.94. The topological polar surface area (TPSA) is 30.9 Å². The molecule has 0 aliphatic carbocycles. The molecule has 0 atom stereocenters. The van der Waals surface area contributed by atoms with E-state index in [0.29, 0.717) is 0 Å². The van der Waals surface area contributed by atoms with Crippen LogP contribution in [0.4, 0.5) is 0 Å². The van der Waals surface area contributed by atoms with E-state index in [-0.39, 0.29) is 24.0 Å². The van der Waals surface area contributed by atoms with Crippen molar-refractivity contribution in [2.75, 3.05) is 34.2 Å². The first-order chi connectivity index (χ1) is 10.2. The Morgan fingerprint density at radius 1 is 1.09 bits per heavy atom. The molecule has 1 aliphatic heterocycles. The highest BCUT2D eigenvalue weighted by Gasteiger charge is 2.10. The van der Waals surface area contributed by atoms with Crippen molar-refractivity contribution in [2.24, 2.45) is 4.99 Å². The number of benzene rings is 1. The van der Waals surface area contributed by atoms with Gasteiger partial charge in [0.1, 0.15) is 0 Å². The largest absolute Gasteiger partial charge is 0.352 e. The van der Waals surface area contributed by atoms with Gasteiger partial charge in [-0.15, -0.1) is 24.0 Å². The van der Waals surface area contributed by atoms with Gasteiger partial charge < -0.3 is 10.2 Å². The second-order valence-electron chi connectivity index (χ2n) is 5.95. The van der Waals surface area contributed by atoms with Gasteiger partial charge in [0, 0.05) is 34.2 Å². The molecule has 2 rings (SSSR count). The number of guanidine groups is 1. The third kappa shape index (κ3) is 6.12. The number of likely N-dealkylation sites (tertiary alicyclic amines) is 1. The molecule has 124 valence electrons. The number of hydrogen-bond acceptors (Lipinski definition) is 2. The fourth-order valence-corrected chi connectivity index (χ4v) is 2.76. The number of hydrogen-bond donors (Lipinski definition) is 1. The normalized spacial score (nSPS) is 16.0. The van der Waals surface area contributed by atoms with Crippen LogP contribution in [0.2, 0.25) is 0 Å². The van der Waals surface area contributed by atoms with Gasteiger partial charge in [0.25, 0.3) is 0 Å². The first-order valence-corrected chi connectivity index (χ1v) is 7.87. The summed E-state index contributed by atoms with van der Waals surface area (Å²) in [5, 5.41) is 3.35. The third-order valence-electron chi connectivity index (χ3n) is 3.96. The number of piperidine rings is 1. The Morgan fingerprint density at radius 3 is 2.23 bits per heavy atom. The molecule has 5 heteroatoms. The van der Waals surface area contributed by atoms with E-state index in [1.54, 1.807) is 0 Å². The van der Waals surface area contributed by atoms with Gasteiger partial charge in [-0.1, -0.05) is 30.7 Å². The Labute approximate surface area is 152 Å². The van der Waals surface area contributed by atoms with Crippen LogP contribution in [0.15, 0.2) is 29.3 Å². The maximum Gasteiger partial charge on any atom is 0.193 e. The predicted molar refractivity (Wildman–Crippen MR) is 105 cm³/mol. The minimum atomic E-state index is 0. The van der Waals surface area contributed by atoms with Crippen molar-refractivity contribution >= 4 is 29.9 Å². The SMILES string of the molecule is CN=C(NCc1ccc(CN2CCCCC2)cc1)N(C)C.I. The minimum Gasteiger partial charge on any atom is -0.352 e. The molecule has 0 bridgehead atoms. The van der Waals surface area contributed by atoms with Crippen molar-refractivity contribution in [3.05, 3.63) is 35.4 Å². The van der Waals surface area contributed by atoms with Gasteiger partial charge in [-0.2, -0.15) is 0 Å². The second kappa shape index (κ2) is 10.0. The van der Waals surface area contributed by atoms with Gasteiger partial charge >= 0.3 is 0 Å². The maximum absolute atomic E-state index is 4.22. The lowest BCUT2D eigenvalue weighted by atomic mass is 10.1. The Balaban J connectivity index is 0.00000242. The van der Waals surface area contributed by atoms with E-state index in [0.717, 1.165) is 19.0 Å². The molecular formula is C17H29IN4. The van der Waals surface area contributed by atoms with Crippen LogP contribution in [0.25, 0.3) is 0 Å². The van der Waals surface area contributed by atoms with Crippen LogP contribution in [0.3, 0.4) is 0 Å². The van der Waals surface area contributed by atoms with Crippen LogP contribution in [0, 0.1) is 0 Å². The number of aliphatic imine (C=N–C) groups is 1. The highest BCUT2D eigenvalue weighted by Crippen LogP contribution is 2.13. The molecule has 1 aromatic rings. The second-order valence-corrected chi connectivity index (χ2v) is 5.95. The maximum atomic E-state index is 4.22. The summed E-state index contributed by atoms with van der Waals surface area (Å²) in [5.74, 6) is 0.910. The molecule has 1 aromatic carbocycles. The van der Waals surface area contributed by atoms with Crippen LogP contribution in [-0.2, 0) is 13.1 Å². The van der Waals surface area contributed by atoms with Gasteiger partial charge in [-0.25, -0.2) is 0 Å². The fraction of sp³-hybridized carbons (Fsp3) is 0.588. The summed E-state index contributed by atoms with van der Waals surface area (Å²) in [4.78, 5) is 8.77. The lowest BCUT2D eigenvalue weighted by Crippen LogP contribution is -2.35. The molecule has 1 fully saturated rings. The lowest BCUT2D eigenvalue weighted by molar-refractivity contribution is 0.221. The summed E-state index contributed by atoms with van der Waals surface area (Å²) in [5.41, 5.74) is 2.71. The van der Waals surface area contributed by atoms with E-state index in [1.165, 1.54) is 43.5 Å². The Kier molecular flexibility index (Phi) is 8.78. The smallest absolute Gasteiger partial charge is 0.193 e. The highest BCUT2D eigenvalue weighted by molar-refractivity contribution is 14.0. The monoisotopic (exact) mass is 416 g/mol. The molecule has 1 saturated heterocycles. The van der Waals surface area contributed by atoms with Crippen molar-refractivity contribution in [3.63, 3.8) is 0 Å². The van der Waals surface area contributed by atoms with E-state index in [1.807, 2.05) is 26.0 Å². The molecule has 1 N–H and O–H groups in total. The van der Waals surface area contributed by atoms with Gasteiger partial charge in [0.05, 0.1) is 0 Å². The lowest BCUT2D eigenvalue weighted by Gasteiger charge is -2.26. The molecule has 4 nitrogen and oxygen atoms in total. The molecule has 0 saturated carbocycles. The van der Waals surface area contributed by atoms with Gasteiger partial charge in [-0.05, 0) is 37.1 Å². The first kappa shape index (κ1) is 19.2. The predicted octanol–water partition coefficient (Wildman–Crippen LogP) is 2.93. The van der Waals surface area contributed by atoms with Crippen molar-refractivity contribution in [2.45, 2.75) is 32.4 Å². The average molecular weight is 416 g/mol. The van der Waals surface area contributed by atoms with Crippen LogP contribution in [0.5, 0.6) is 0 Å². The number of halogens is 1. The number of rotatable bonds is 4. The van der Waals surface area contributed by atoms with Crippen LogP contribution >= 0.6 is 24.0 Å². The zero-order valence-electron chi connectivity index (χ0n) is 14.0. The molecule has 0 unspecified atom stereocenters. The van der Waals surface area contributed by atoms with Crippen molar-refractivity contribution < 1.29 is 0 Å². The van der Waals surface area contributed by atoms with E-state index in [2.05, 4.69) is 39.5 Å². The molecular weight excluding hydrogens is 387 g/mol. The van der Waals surface area contributed by atoms with Crippen molar-refractivity contribution in [1.82, 2.24) is 15.1 Å². The standard InChI is InChI=1S/C17H28N4.HI/c1-18-17(20(2)3)19-13-15-7-9-16(10-8-15)14-21-11-5-4-6-12-21;/h7-10H,4-6,11-14H2,1-3H3,(H,18,19);1H. The molecule has 0 spiro atoms. The summed E-state index contributed by atoms with van der Waals surface area (Å²) < 4.78 is 0. The zero-order chi connectivity index (χ0) is 15.1. The van der Waals surface area contributed by atoms with Crippen LogP contribution < -0.4 is 5.32 Å². The quantitative estimate of drug-likeness (QED) is 0.465.